The van der Waals surface area contributed by atoms with Crippen LogP contribution in [0.15, 0.2) is 67.3 Å². The summed E-state index contributed by atoms with van der Waals surface area (Å²) in [7, 11) is 0. The molecule has 0 aliphatic heterocycles. The predicted molar refractivity (Wildman–Crippen MR) is 121 cm³/mol. The molecule has 4 rings (SSSR count). The second-order valence-corrected chi connectivity index (χ2v) is 7.19. The normalized spacial score (nSPS) is 11.2. The fourth-order valence-electron chi connectivity index (χ4n) is 3.04. The van der Waals surface area contributed by atoms with E-state index in [0.717, 1.165) is 11.6 Å². The van der Waals surface area contributed by atoms with Crippen LogP contribution in [0, 0.1) is 12.7 Å². The third-order valence-electron chi connectivity index (χ3n) is 4.71. The van der Waals surface area contributed by atoms with Gasteiger partial charge in [0, 0.05) is 38.4 Å². The number of amides is 1. The van der Waals surface area contributed by atoms with Crippen LogP contribution in [-0.2, 0) is 6.18 Å². The number of aryl methyl sites for hydroxylation is 1. The van der Waals surface area contributed by atoms with Crippen LogP contribution in [0.25, 0.3) is 11.4 Å². The number of hydrogen-bond donors (Lipinski definition) is 2. The van der Waals surface area contributed by atoms with Crippen molar-refractivity contribution >= 4 is 23.2 Å². The highest BCUT2D eigenvalue weighted by Crippen LogP contribution is 2.31. The molecule has 0 aliphatic rings. The van der Waals surface area contributed by atoms with Crippen molar-refractivity contribution in [3.05, 3.63) is 89.8 Å². The van der Waals surface area contributed by atoms with Gasteiger partial charge in [-0.25, -0.2) is 14.4 Å². The van der Waals surface area contributed by atoms with Gasteiger partial charge in [-0.15, -0.1) is 0 Å². The van der Waals surface area contributed by atoms with Gasteiger partial charge in [0.2, 0.25) is 5.95 Å². The quantitative estimate of drug-likeness (QED) is 0.352. The molecule has 2 N–H and O–H groups in total. The number of rotatable bonds is 5. The monoisotopic (exact) mass is 472 g/mol. The van der Waals surface area contributed by atoms with Crippen LogP contribution in [0.5, 0.6) is 0 Å². The van der Waals surface area contributed by atoms with E-state index >= 15 is 0 Å². The van der Waals surface area contributed by atoms with Crippen molar-refractivity contribution in [2.24, 2.45) is 0 Å². The first-order valence-corrected chi connectivity index (χ1v) is 9.85. The zero-order valence-electron chi connectivity index (χ0n) is 17.6. The van der Waals surface area contributed by atoms with Crippen molar-refractivity contribution in [2.45, 2.75) is 13.1 Å². The number of halogens is 4. The molecule has 34 heavy (non-hydrogen) atoms. The van der Waals surface area contributed by atoms with Crippen molar-refractivity contribution in [1.29, 1.82) is 0 Å². The third kappa shape index (κ3) is 5.31. The fourth-order valence-corrected chi connectivity index (χ4v) is 3.04. The summed E-state index contributed by atoms with van der Waals surface area (Å²) in [4.78, 5) is 29.3. The number of carbonyl (C=O) groups excluding carboxylic acids is 1. The summed E-state index contributed by atoms with van der Waals surface area (Å²) in [6.07, 6.45) is 1.41. The highest BCUT2D eigenvalue weighted by molar-refractivity contribution is 6.04. The molecule has 2 aromatic heterocycles. The van der Waals surface area contributed by atoms with Gasteiger partial charge in [-0.2, -0.15) is 13.2 Å². The maximum atomic E-state index is 13.7. The minimum Gasteiger partial charge on any atom is -0.324 e. The topological polar surface area (TPSA) is 92.7 Å². The van der Waals surface area contributed by atoms with Gasteiger partial charge >= 0.3 is 6.18 Å². The number of nitrogens with one attached hydrogen (secondary N) is 2. The van der Waals surface area contributed by atoms with E-state index in [2.05, 4.69) is 30.6 Å². The van der Waals surface area contributed by atoms with Crippen molar-refractivity contribution in [1.82, 2.24) is 19.9 Å². The van der Waals surface area contributed by atoms with E-state index in [9.17, 15) is 22.4 Å². The summed E-state index contributed by atoms with van der Waals surface area (Å²) < 4.78 is 52.5. The Morgan fingerprint density at radius 1 is 0.971 bits per heavy atom. The smallest absolute Gasteiger partial charge is 0.324 e. The molecule has 7 nitrogen and oxygen atoms in total. The van der Waals surface area contributed by atoms with Crippen LogP contribution in [0.2, 0.25) is 0 Å². The minimum atomic E-state index is -4.78. The highest BCUT2D eigenvalue weighted by Gasteiger charge is 2.32. The third-order valence-corrected chi connectivity index (χ3v) is 4.71. The maximum Gasteiger partial charge on any atom is 0.416 e. The predicted octanol–water partition coefficient (Wildman–Crippen LogP) is 5.89. The Morgan fingerprint density at radius 3 is 2.53 bits per heavy atom. The summed E-state index contributed by atoms with van der Waals surface area (Å²) in [6.45, 7) is 1.81. The lowest BCUT2D eigenvalue weighted by molar-refractivity contribution is -0.137. The summed E-state index contributed by atoms with van der Waals surface area (Å²) in [5, 5.41) is 5.53. The Kier molecular flexibility index (Phi) is 6.17. The van der Waals surface area contributed by atoms with Gasteiger partial charge in [-0.3, -0.25) is 14.8 Å². The number of hydrogen-bond acceptors (Lipinski definition) is 6. The largest absolute Gasteiger partial charge is 0.416 e. The molecule has 0 fully saturated rings. The van der Waals surface area contributed by atoms with Gasteiger partial charge < -0.3 is 10.6 Å². The zero-order chi connectivity index (χ0) is 24.3. The molecule has 176 valence electrons. The van der Waals surface area contributed by atoms with Gasteiger partial charge in [0.1, 0.15) is 11.5 Å². The molecule has 0 atom stereocenters. The van der Waals surface area contributed by atoms with Gasteiger partial charge in [-0.05, 0) is 48.9 Å². The molecule has 0 spiro atoms. The molecular formula is C23H20F4N6O. The van der Waals surface area contributed by atoms with Crippen LogP contribution in [0.4, 0.5) is 34.9 Å². The minimum absolute atomic E-state index is 0. The van der Waals surface area contributed by atoms with E-state index in [0.29, 0.717) is 29.2 Å². The first-order valence-electron chi connectivity index (χ1n) is 9.85. The Bertz CT molecular complexity index is 1360. The number of anilines is 3. The summed E-state index contributed by atoms with van der Waals surface area (Å²) in [6, 6.07) is 8.17. The van der Waals surface area contributed by atoms with Crippen molar-refractivity contribution < 1.29 is 25.2 Å². The Hall–Kier alpha value is -4.41. The van der Waals surface area contributed by atoms with Crippen LogP contribution >= 0.6 is 0 Å². The van der Waals surface area contributed by atoms with E-state index in [1.165, 1.54) is 6.20 Å². The van der Waals surface area contributed by atoms with Crippen molar-refractivity contribution in [2.75, 3.05) is 10.6 Å². The van der Waals surface area contributed by atoms with Crippen LogP contribution in [0.1, 0.15) is 24.3 Å². The van der Waals surface area contributed by atoms with E-state index in [1.54, 1.807) is 42.9 Å². The lowest BCUT2D eigenvalue weighted by atomic mass is 10.1. The van der Waals surface area contributed by atoms with E-state index in [4.69, 9.17) is 0 Å². The number of nitrogens with zero attached hydrogens (tertiary/aromatic N) is 4. The molecule has 0 unspecified atom stereocenters. The number of alkyl halides is 3. The van der Waals surface area contributed by atoms with Crippen molar-refractivity contribution in [3.8, 4) is 11.4 Å². The van der Waals surface area contributed by atoms with Gasteiger partial charge in [0.05, 0.1) is 17.5 Å². The highest BCUT2D eigenvalue weighted by atomic mass is 19.4. The maximum absolute atomic E-state index is 13.7. The van der Waals surface area contributed by atoms with Crippen molar-refractivity contribution in [3.63, 3.8) is 0 Å². The van der Waals surface area contributed by atoms with Gasteiger partial charge in [0.25, 0.3) is 5.91 Å². The first kappa shape index (κ1) is 22.8. The molecule has 0 radical (unpaired) electrons. The Labute approximate surface area is 193 Å². The molecule has 0 saturated carbocycles. The van der Waals surface area contributed by atoms with E-state index in [-0.39, 0.29) is 14.5 Å². The fraction of sp³-hybridized carbons (Fsp3) is 0.0870. The molecule has 0 saturated heterocycles. The molecule has 0 aliphatic carbocycles. The van der Waals surface area contributed by atoms with Gasteiger partial charge in [0.15, 0.2) is 0 Å². The average molecular weight is 472 g/mol. The Morgan fingerprint density at radius 2 is 1.79 bits per heavy atom. The van der Waals surface area contributed by atoms with Crippen LogP contribution < -0.4 is 10.6 Å². The summed E-state index contributed by atoms with van der Waals surface area (Å²) in [5.74, 6) is -1.79. The van der Waals surface area contributed by atoms with E-state index < -0.39 is 29.0 Å². The van der Waals surface area contributed by atoms with Crippen LogP contribution in [-0.4, -0.2) is 25.8 Å². The SMILES string of the molecule is Cc1ccc(NC(=O)c2cc(F)cc(C(F)(F)F)c2)cc1Nc1nccc(-c2cnccn2)n1.[HH].[HH]. The molecule has 0 bridgehead atoms. The molecular weight excluding hydrogens is 452 g/mol. The molecule has 4 aromatic rings. The lowest BCUT2D eigenvalue weighted by Gasteiger charge is -2.13. The molecule has 1 amide bonds. The second-order valence-electron chi connectivity index (χ2n) is 7.19. The zero-order valence-corrected chi connectivity index (χ0v) is 17.6. The summed E-state index contributed by atoms with van der Waals surface area (Å²) in [5.41, 5.74) is 1.01. The van der Waals surface area contributed by atoms with Crippen LogP contribution in [0.3, 0.4) is 0 Å². The number of carbonyl (C=O) groups is 1. The second kappa shape index (κ2) is 9.22. The Balaban J connectivity index is 0.00000228. The number of benzene rings is 2. The number of aromatic nitrogens is 4. The lowest BCUT2D eigenvalue weighted by Crippen LogP contribution is -2.15. The molecule has 2 heterocycles. The standard InChI is InChI=1S/C23H16F4N6O.2H2/c1-13-2-3-17(31-21(34)14-8-15(23(25,26)27)10-16(24)9-14)11-19(13)33-22-30-5-4-18(32-22)20-12-28-6-7-29-20;;/h2-12H,1H3,(H,31,34)(H,30,32,33);2*1H. The molecule has 11 heteroatoms. The average Bonchev–Trinajstić information content (AvgIpc) is 2.81. The van der Waals surface area contributed by atoms with E-state index in [1.807, 2.05) is 6.92 Å². The summed E-state index contributed by atoms with van der Waals surface area (Å²) >= 11 is 0. The molecule has 2 aromatic carbocycles. The first-order chi connectivity index (χ1) is 16.2. The van der Waals surface area contributed by atoms with Gasteiger partial charge in [-0.1, -0.05) is 6.07 Å².